The van der Waals surface area contributed by atoms with Crippen LogP contribution in [0.15, 0.2) is 24.3 Å². The second-order valence-electron chi connectivity index (χ2n) is 5.18. The van der Waals surface area contributed by atoms with Gasteiger partial charge in [-0.3, -0.25) is 9.69 Å². The summed E-state index contributed by atoms with van der Waals surface area (Å²) in [6.07, 6.45) is 2.69. The number of aliphatic carboxylic acids is 1. The van der Waals surface area contributed by atoms with E-state index in [0.29, 0.717) is 6.42 Å². The molecule has 0 radical (unpaired) electrons. The molecule has 1 aliphatic rings. The van der Waals surface area contributed by atoms with E-state index in [1.807, 2.05) is 25.1 Å². The molecular weight excluding hydrogens is 272 g/mol. The molecule has 1 aromatic heterocycles. The molecule has 3 rings (SSSR count). The summed E-state index contributed by atoms with van der Waals surface area (Å²) in [5.41, 5.74) is 1.02. The number of hydrogen-bond donors (Lipinski definition) is 1. The molecule has 1 saturated heterocycles. The van der Waals surface area contributed by atoms with Crippen molar-refractivity contribution in [3.05, 3.63) is 29.3 Å². The predicted molar refractivity (Wildman–Crippen MR) is 80.0 cm³/mol. The summed E-state index contributed by atoms with van der Waals surface area (Å²) in [5.74, 6) is -0.722. The zero-order valence-corrected chi connectivity index (χ0v) is 12.3. The number of nitrogens with zero attached hydrogens (tertiary/aromatic N) is 2. The van der Waals surface area contributed by atoms with E-state index in [-0.39, 0.29) is 6.04 Å². The molecule has 5 heteroatoms. The number of carboxylic acid groups (broad SMARTS) is 1. The Morgan fingerprint density at radius 2 is 2.35 bits per heavy atom. The van der Waals surface area contributed by atoms with Crippen LogP contribution < -0.4 is 0 Å². The number of likely N-dealkylation sites (tertiary alicyclic amines) is 1. The van der Waals surface area contributed by atoms with Crippen LogP contribution in [0.4, 0.5) is 0 Å². The minimum Gasteiger partial charge on any atom is -0.480 e. The lowest BCUT2D eigenvalue weighted by Crippen LogP contribution is -2.40. The fraction of sp³-hybridized carbons (Fsp3) is 0.467. The lowest BCUT2D eigenvalue weighted by atomic mass is 10.1. The quantitative estimate of drug-likeness (QED) is 0.938. The van der Waals surface area contributed by atoms with E-state index in [4.69, 9.17) is 4.98 Å². The number of carbonyl (C=O) groups is 1. The normalized spacial score (nSPS) is 21.4. The first-order chi connectivity index (χ1) is 9.70. The van der Waals surface area contributed by atoms with Gasteiger partial charge in [-0.05, 0) is 37.9 Å². The number of aromatic nitrogens is 1. The monoisotopic (exact) mass is 290 g/mol. The Morgan fingerprint density at radius 1 is 1.55 bits per heavy atom. The largest absolute Gasteiger partial charge is 0.480 e. The van der Waals surface area contributed by atoms with Crippen molar-refractivity contribution in [3.8, 4) is 0 Å². The highest BCUT2D eigenvalue weighted by Gasteiger charge is 2.36. The Labute approximate surface area is 122 Å². The van der Waals surface area contributed by atoms with Crippen LogP contribution in [0.2, 0.25) is 0 Å². The molecule has 0 saturated carbocycles. The van der Waals surface area contributed by atoms with Gasteiger partial charge in [0.05, 0.1) is 16.3 Å². The lowest BCUT2D eigenvalue weighted by molar-refractivity contribution is -0.143. The third kappa shape index (κ3) is 2.31. The summed E-state index contributed by atoms with van der Waals surface area (Å²) in [4.78, 5) is 18.2. The predicted octanol–water partition coefficient (Wildman–Crippen LogP) is 3.30. The summed E-state index contributed by atoms with van der Waals surface area (Å²) in [7, 11) is 0. The number of benzene rings is 1. The molecule has 2 aromatic rings. The second kappa shape index (κ2) is 5.50. The standard InChI is InChI=1S/C15H18N2O2S/c1-2-11(15(18)19)17-9-5-7-12(17)14-16-10-6-3-4-8-13(10)20-14/h3-4,6,8,11-12H,2,5,7,9H2,1H3,(H,18,19). The molecule has 1 N–H and O–H groups in total. The first kappa shape index (κ1) is 13.5. The van der Waals surface area contributed by atoms with Crippen LogP contribution in [0.5, 0.6) is 0 Å². The van der Waals surface area contributed by atoms with Crippen LogP contribution in [-0.2, 0) is 4.79 Å². The van der Waals surface area contributed by atoms with E-state index in [1.54, 1.807) is 11.3 Å². The summed E-state index contributed by atoms with van der Waals surface area (Å²) < 4.78 is 1.18. The molecule has 0 bridgehead atoms. The average Bonchev–Trinajstić information content (AvgIpc) is 3.04. The van der Waals surface area contributed by atoms with Gasteiger partial charge in [0.15, 0.2) is 0 Å². The molecule has 1 aromatic carbocycles. The molecule has 2 atom stereocenters. The van der Waals surface area contributed by atoms with E-state index < -0.39 is 12.0 Å². The zero-order chi connectivity index (χ0) is 14.1. The fourth-order valence-electron chi connectivity index (χ4n) is 3.01. The third-order valence-electron chi connectivity index (χ3n) is 3.96. The third-order valence-corrected chi connectivity index (χ3v) is 5.10. The molecule has 1 fully saturated rings. The van der Waals surface area contributed by atoms with Crippen molar-refractivity contribution in [2.75, 3.05) is 6.54 Å². The summed E-state index contributed by atoms with van der Waals surface area (Å²) in [6, 6.07) is 7.86. The van der Waals surface area contributed by atoms with Crippen LogP contribution in [0, 0.1) is 0 Å². The van der Waals surface area contributed by atoms with Crippen molar-refractivity contribution in [1.29, 1.82) is 0 Å². The van der Waals surface area contributed by atoms with Gasteiger partial charge >= 0.3 is 5.97 Å². The van der Waals surface area contributed by atoms with E-state index in [9.17, 15) is 9.90 Å². The second-order valence-corrected chi connectivity index (χ2v) is 6.24. The Balaban J connectivity index is 1.93. The Kier molecular flexibility index (Phi) is 3.72. The SMILES string of the molecule is CCC(C(=O)O)N1CCCC1c1nc2ccccc2s1. The smallest absolute Gasteiger partial charge is 0.320 e. The Morgan fingerprint density at radius 3 is 3.05 bits per heavy atom. The number of thiazole rings is 1. The van der Waals surface area contributed by atoms with Gasteiger partial charge in [0.25, 0.3) is 0 Å². The fourth-order valence-corrected chi connectivity index (χ4v) is 4.13. The maximum atomic E-state index is 11.4. The van der Waals surface area contributed by atoms with E-state index >= 15 is 0 Å². The molecular formula is C15H18N2O2S. The number of rotatable bonds is 4. The van der Waals surface area contributed by atoms with E-state index in [2.05, 4.69) is 11.0 Å². The summed E-state index contributed by atoms with van der Waals surface area (Å²) in [6.45, 7) is 2.79. The highest BCUT2D eigenvalue weighted by atomic mass is 32.1. The maximum Gasteiger partial charge on any atom is 0.320 e. The van der Waals surface area contributed by atoms with Gasteiger partial charge in [0, 0.05) is 0 Å². The van der Waals surface area contributed by atoms with Crippen LogP contribution in [-0.4, -0.2) is 33.5 Å². The number of para-hydroxylation sites is 1. The van der Waals surface area contributed by atoms with Crippen molar-refractivity contribution >= 4 is 27.5 Å². The highest BCUT2D eigenvalue weighted by molar-refractivity contribution is 7.18. The molecule has 1 aliphatic heterocycles. The minimum atomic E-state index is -0.722. The maximum absolute atomic E-state index is 11.4. The van der Waals surface area contributed by atoms with E-state index in [0.717, 1.165) is 29.9 Å². The lowest BCUT2D eigenvalue weighted by Gasteiger charge is -2.28. The van der Waals surface area contributed by atoms with Gasteiger partial charge in [-0.25, -0.2) is 4.98 Å². The molecule has 2 heterocycles. The van der Waals surface area contributed by atoms with Crippen molar-refractivity contribution in [3.63, 3.8) is 0 Å². The first-order valence-corrected chi connectivity index (χ1v) is 7.86. The molecule has 106 valence electrons. The van der Waals surface area contributed by atoms with Crippen LogP contribution >= 0.6 is 11.3 Å². The van der Waals surface area contributed by atoms with E-state index in [1.165, 1.54) is 4.70 Å². The van der Waals surface area contributed by atoms with Crippen LogP contribution in [0.3, 0.4) is 0 Å². The van der Waals surface area contributed by atoms with Crippen molar-refractivity contribution < 1.29 is 9.90 Å². The van der Waals surface area contributed by atoms with Gasteiger partial charge in [0.1, 0.15) is 11.0 Å². The Bertz CT molecular complexity index is 592. The summed E-state index contributed by atoms with van der Waals surface area (Å²) in [5, 5.41) is 10.4. The number of fused-ring (bicyclic) bond motifs is 1. The van der Waals surface area contributed by atoms with Crippen molar-refractivity contribution in [1.82, 2.24) is 9.88 Å². The molecule has 0 spiro atoms. The first-order valence-electron chi connectivity index (χ1n) is 7.04. The van der Waals surface area contributed by atoms with Crippen LogP contribution in [0.25, 0.3) is 10.2 Å². The molecule has 0 aliphatic carbocycles. The molecule has 20 heavy (non-hydrogen) atoms. The minimum absolute atomic E-state index is 0.161. The van der Waals surface area contributed by atoms with Gasteiger partial charge in [-0.15, -0.1) is 11.3 Å². The van der Waals surface area contributed by atoms with Gasteiger partial charge in [-0.1, -0.05) is 19.1 Å². The average molecular weight is 290 g/mol. The number of hydrogen-bond acceptors (Lipinski definition) is 4. The Hall–Kier alpha value is -1.46. The number of carboxylic acids is 1. The molecule has 2 unspecified atom stereocenters. The van der Waals surface area contributed by atoms with Crippen molar-refractivity contribution in [2.45, 2.75) is 38.3 Å². The molecule has 4 nitrogen and oxygen atoms in total. The zero-order valence-electron chi connectivity index (χ0n) is 11.5. The van der Waals surface area contributed by atoms with Gasteiger partial charge in [-0.2, -0.15) is 0 Å². The van der Waals surface area contributed by atoms with Crippen LogP contribution in [0.1, 0.15) is 37.2 Å². The van der Waals surface area contributed by atoms with Gasteiger partial charge in [0.2, 0.25) is 0 Å². The highest BCUT2D eigenvalue weighted by Crippen LogP contribution is 2.38. The molecule has 0 amide bonds. The summed E-state index contributed by atoms with van der Waals surface area (Å²) >= 11 is 1.69. The van der Waals surface area contributed by atoms with Crippen molar-refractivity contribution in [2.24, 2.45) is 0 Å². The topological polar surface area (TPSA) is 53.4 Å². The van der Waals surface area contributed by atoms with Gasteiger partial charge < -0.3 is 5.11 Å².